The van der Waals surface area contributed by atoms with Crippen LogP contribution >= 0.6 is 11.6 Å². The average molecular weight is 309 g/mol. The van der Waals surface area contributed by atoms with E-state index in [0.29, 0.717) is 5.92 Å². The third-order valence-corrected chi connectivity index (χ3v) is 5.01. The van der Waals surface area contributed by atoms with Crippen LogP contribution in [0.5, 0.6) is 0 Å². The molecule has 3 heteroatoms. The van der Waals surface area contributed by atoms with Gasteiger partial charge in [-0.05, 0) is 56.8 Å². The zero-order chi connectivity index (χ0) is 15.6. The van der Waals surface area contributed by atoms with E-state index in [1.807, 2.05) is 7.05 Å². The number of halogens is 1. The van der Waals surface area contributed by atoms with E-state index in [-0.39, 0.29) is 5.54 Å². The topological polar surface area (TPSA) is 15.3 Å². The Morgan fingerprint density at radius 3 is 2.71 bits per heavy atom. The summed E-state index contributed by atoms with van der Waals surface area (Å²) < 4.78 is 0. The summed E-state index contributed by atoms with van der Waals surface area (Å²) in [5, 5.41) is 4.09. The van der Waals surface area contributed by atoms with Crippen LogP contribution in [0.3, 0.4) is 0 Å². The van der Waals surface area contributed by atoms with Gasteiger partial charge < -0.3 is 10.2 Å². The Bertz CT molecular complexity index is 496. The van der Waals surface area contributed by atoms with E-state index in [9.17, 15) is 0 Å². The van der Waals surface area contributed by atoms with Crippen LogP contribution in [0.15, 0.2) is 12.1 Å². The van der Waals surface area contributed by atoms with Crippen molar-refractivity contribution >= 4 is 17.3 Å². The molecule has 1 aliphatic rings. The van der Waals surface area contributed by atoms with Crippen LogP contribution in [0.1, 0.15) is 64.0 Å². The van der Waals surface area contributed by atoms with E-state index in [2.05, 4.69) is 50.0 Å². The molecule has 0 fully saturated rings. The number of unbranched alkanes of at least 4 members (excludes halogenated alkanes) is 1. The maximum absolute atomic E-state index is 6.51. The van der Waals surface area contributed by atoms with Gasteiger partial charge >= 0.3 is 0 Å². The van der Waals surface area contributed by atoms with Crippen molar-refractivity contribution in [2.75, 3.05) is 18.5 Å². The lowest BCUT2D eigenvalue weighted by Crippen LogP contribution is -2.48. The molecule has 0 saturated heterocycles. The smallest absolute Gasteiger partial charge is 0.0471 e. The average Bonchev–Trinajstić information content (AvgIpc) is 2.40. The number of nitrogens with zero attached hydrogens (tertiary/aromatic N) is 1. The Hall–Kier alpha value is -0.730. The molecule has 0 spiro atoms. The summed E-state index contributed by atoms with van der Waals surface area (Å²) in [6.45, 7) is 11.3. The van der Waals surface area contributed by atoms with E-state index in [0.717, 1.165) is 18.1 Å². The van der Waals surface area contributed by atoms with Crippen LogP contribution in [-0.2, 0) is 6.54 Å². The number of fused-ring (bicyclic) bond motifs is 1. The van der Waals surface area contributed by atoms with Crippen LogP contribution in [0.2, 0.25) is 5.02 Å². The second kappa shape index (κ2) is 6.58. The van der Waals surface area contributed by atoms with Crippen molar-refractivity contribution in [3.05, 3.63) is 28.3 Å². The quantitative estimate of drug-likeness (QED) is 0.827. The molecule has 0 bridgehead atoms. The minimum absolute atomic E-state index is 0.204. The molecule has 1 aromatic carbocycles. The van der Waals surface area contributed by atoms with Gasteiger partial charge in [0.25, 0.3) is 0 Å². The molecule has 0 saturated carbocycles. The normalized spacial score (nSPS) is 20.5. The van der Waals surface area contributed by atoms with E-state index in [1.54, 1.807) is 0 Å². The zero-order valence-electron chi connectivity index (χ0n) is 14.1. The maximum Gasteiger partial charge on any atom is 0.0471 e. The maximum atomic E-state index is 6.51. The Kier molecular flexibility index (Phi) is 5.21. The van der Waals surface area contributed by atoms with E-state index >= 15 is 0 Å². The van der Waals surface area contributed by atoms with Crippen molar-refractivity contribution < 1.29 is 0 Å². The lowest BCUT2D eigenvalue weighted by molar-refractivity contribution is 0.373. The number of benzene rings is 1. The highest BCUT2D eigenvalue weighted by Gasteiger charge is 2.36. The molecule has 2 nitrogen and oxygen atoms in total. The molecule has 0 amide bonds. The number of rotatable bonds is 5. The number of nitrogens with one attached hydrogen (secondary N) is 1. The predicted molar refractivity (Wildman–Crippen MR) is 93.6 cm³/mol. The fourth-order valence-electron chi connectivity index (χ4n) is 3.62. The largest absolute Gasteiger partial charge is 0.366 e. The monoisotopic (exact) mass is 308 g/mol. The van der Waals surface area contributed by atoms with Crippen LogP contribution < -0.4 is 10.2 Å². The molecule has 0 radical (unpaired) electrons. The van der Waals surface area contributed by atoms with Gasteiger partial charge in [-0.1, -0.05) is 37.9 Å². The fourth-order valence-corrected chi connectivity index (χ4v) is 3.84. The Morgan fingerprint density at radius 1 is 1.38 bits per heavy atom. The minimum atomic E-state index is 0.204. The first-order chi connectivity index (χ1) is 9.90. The van der Waals surface area contributed by atoms with Gasteiger partial charge in [-0.2, -0.15) is 0 Å². The highest BCUT2D eigenvalue weighted by atomic mass is 35.5. The molecule has 1 N–H and O–H groups in total. The van der Waals surface area contributed by atoms with Crippen LogP contribution in [-0.4, -0.2) is 19.1 Å². The Labute approximate surface area is 134 Å². The summed E-state index contributed by atoms with van der Waals surface area (Å²) in [6.07, 6.45) is 3.65. The molecular formula is C18H29ClN2. The third-order valence-electron chi connectivity index (χ3n) is 4.66. The molecule has 1 heterocycles. The fraction of sp³-hybridized carbons (Fsp3) is 0.667. The first kappa shape index (κ1) is 16.6. The van der Waals surface area contributed by atoms with Gasteiger partial charge in [-0.3, -0.25) is 0 Å². The van der Waals surface area contributed by atoms with Crippen molar-refractivity contribution in [1.29, 1.82) is 0 Å². The van der Waals surface area contributed by atoms with Crippen molar-refractivity contribution in [1.82, 2.24) is 5.32 Å². The van der Waals surface area contributed by atoms with Crippen molar-refractivity contribution in [2.24, 2.45) is 0 Å². The van der Waals surface area contributed by atoms with Crippen LogP contribution in [0, 0.1) is 0 Å². The van der Waals surface area contributed by atoms with E-state index in [1.165, 1.54) is 36.1 Å². The second-order valence-electron chi connectivity index (χ2n) is 6.96. The molecule has 2 rings (SSSR count). The highest BCUT2D eigenvalue weighted by Crippen LogP contribution is 2.45. The summed E-state index contributed by atoms with van der Waals surface area (Å²) in [5.41, 5.74) is 4.21. The van der Waals surface area contributed by atoms with Gasteiger partial charge in [0.15, 0.2) is 0 Å². The molecule has 1 atom stereocenters. The molecule has 0 unspecified atom stereocenters. The Morgan fingerprint density at radius 2 is 2.10 bits per heavy atom. The molecule has 118 valence electrons. The number of anilines is 1. The van der Waals surface area contributed by atoms with Gasteiger partial charge in [0, 0.05) is 29.3 Å². The van der Waals surface area contributed by atoms with Gasteiger partial charge in [-0.15, -0.1) is 0 Å². The minimum Gasteiger partial charge on any atom is -0.366 e. The highest BCUT2D eigenvalue weighted by molar-refractivity contribution is 6.31. The lowest BCUT2D eigenvalue weighted by Gasteiger charge is -2.48. The van der Waals surface area contributed by atoms with E-state index in [4.69, 9.17) is 11.6 Å². The van der Waals surface area contributed by atoms with Gasteiger partial charge in [0.05, 0.1) is 0 Å². The lowest BCUT2D eigenvalue weighted by atomic mass is 9.79. The summed E-state index contributed by atoms with van der Waals surface area (Å²) in [5.74, 6) is 0.584. The van der Waals surface area contributed by atoms with Gasteiger partial charge in [0.1, 0.15) is 0 Å². The SMILES string of the molecule is CCCCN1c2cc(Cl)c(CNC)cc2[C@@H](C)CC1(C)C. The first-order valence-corrected chi connectivity index (χ1v) is 8.53. The van der Waals surface area contributed by atoms with Crippen molar-refractivity contribution in [3.8, 4) is 0 Å². The predicted octanol–water partition coefficient (Wildman–Crippen LogP) is 4.95. The molecule has 0 aliphatic carbocycles. The summed E-state index contributed by atoms with van der Waals surface area (Å²) in [7, 11) is 1.97. The number of hydrogen-bond acceptors (Lipinski definition) is 2. The molecule has 21 heavy (non-hydrogen) atoms. The third kappa shape index (κ3) is 3.37. The first-order valence-electron chi connectivity index (χ1n) is 8.15. The molecule has 0 aromatic heterocycles. The Balaban J connectivity index is 2.46. The van der Waals surface area contributed by atoms with Gasteiger partial charge in [0.2, 0.25) is 0 Å². The standard InChI is InChI=1S/C18H29ClN2/c1-6-7-8-21-17-10-16(19)14(12-20-5)9-15(17)13(2)11-18(21,3)4/h9-10,13,20H,6-8,11-12H2,1-5H3/t13-/m0/s1. The van der Waals surface area contributed by atoms with E-state index < -0.39 is 0 Å². The molecular weight excluding hydrogens is 280 g/mol. The molecule has 1 aromatic rings. The summed E-state index contributed by atoms with van der Waals surface area (Å²) in [4.78, 5) is 2.57. The summed E-state index contributed by atoms with van der Waals surface area (Å²) >= 11 is 6.51. The van der Waals surface area contributed by atoms with Gasteiger partial charge in [-0.25, -0.2) is 0 Å². The van der Waals surface area contributed by atoms with Crippen LogP contribution in [0.25, 0.3) is 0 Å². The second-order valence-corrected chi connectivity index (χ2v) is 7.36. The molecule has 1 aliphatic heterocycles. The van der Waals surface area contributed by atoms with Crippen LogP contribution in [0.4, 0.5) is 5.69 Å². The van der Waals surface area contributed by atoms with Crippen molar-refractivity contribution in [2.45, 2.75) is 65.0 Å². The zero-order valence-corrected chi connectivity index (χ0v) is 14.8. The van der Waals surface area contributed by atoms with Crippen molar-refractivity contribution in [3.63, 3.8) is 0 Å². The summed E-state index contributed by atoms with van der Waals surface area (Å²) in [6, 6.07) is 4.50. The number of hydrogen-bond donors (Lipinski definition) is 1.